The maximum Gasteiger partial charge on any atom is 0.328 e. The molecule has 252 valence electrons. The highest BCUT2D eigenvalue weighted by molar-refractivity contribution is 9.13. The molecule has 3 aromatic rings. The van der Waals surface area contributed by atoms with E-state index in [1.165, 1.54) is 31.4 Å². The summed E-state index contributed by atoms with van der Waals surface area (Å²) in [6.07, 6.45) is 1.82. The molecule has 4 aliphatic rings. The Bertz CT molecular complexity index is 2010. The number of hydrogen-bond donors (Lipinski definition) is 3. The average Bonchev–Trinajstić information content (AvgIpc) is 3.46. The lowest BCUT2D eigenvalue weighted by atomic mass is 9.49. The molecule has 0 spiro atoms. The SMILES string of the molecule is COc1cc([C@H]2C3=CC[C@@H]4C(=O)N(C(N)=O)C(=O)[C@@H]4[C@@H]3C[C@H]3C(=O)N(Nc4ccc(F)cc4)C(=O)[C@@]23c2ccc(Cl)cc2)c(Br)c(Br)c1O. The molecule has 2 heterocycles. The summed E-state index contributed by atoms with van der Waals surface area (Å²) in [5.74, 6) is -8.25. The molecule has 2 aliphatic carbocycles. The number of phenolic OH excluding ortho intramolecular Hbond substituents is 1. The van der Waals surface area contributed by atoms with Crippen LogP contribution in [0.15, 0.2) is 75.2 Å². The van der Waals surface area contributed by atoms with Crippen molar-refractivity contribution in [3.63, 3.8) is 0 Å². The predicted octanol–water partition coefficient (Wildman–Crippen LogP) is 5.78. The Morgan fingerprint density at radius 2 is 1.69 bits per heavy atom. The normalized spacial score (nSPS) is 27.4. The van der Waals surface area contributed by atoms with Crippen LogP contribution in [-0.2, 0) is 24.6 Å². The number of allylic oxidation sites excluding steroid dienone is 2. The number of nitrogens with one attached hydrogen (secondary N) is 1. The number of ether oxygens (including phenoxy) is 1. The number of carbonyl (C=O) groups excluding carboxylic acids is 5. The van der Waals surface area contributed by atoms with Crippen LogP contribution >= 0.6 is 43.5 Å². The van der Waals surface area contributed by atoms with Crippen molar-refractivity contribution >= 4 is 78.8 Å². The van der Waals surface area contributed by atoms with Crippen molar-refractivity contribution in [1.29, 1.82) is 0 Å². The van der Waals surface area contributed by atoms with E-state index < -0.39 is 70.5 Å². The number of phenols is 1. The first-order chi connectivity index (χ1) is 23.3. The average molecular weight is 817 g/mol. The Kier molecular flexibility index (Phi) is 8.11. The highest BCUT2D eigenvalue weighted by atomic mass is 79.9. The van der Waals surface area contributed by atoms with Crippen molar-refractivity contribution in [3.8, 4) is 11.5 Å². The van der Waals surface area contributed by atoms with Gasteiger partial charge >= 0.3 is 6.03 Å². The van der Waals surface area contributed by atoms with E-state index in [9.17, 15) is 28.7 Å². The number of fused-ring (bicyclic) bond motifs is 4. The fraction of sp³-hybridized carbons (Fsp3) is 0.265. The third-order valence-electron chi connectivity index (χ3n) is 10.2. The first-order valence-corrected chi connectivity index (χ1v) is 17.1. The van der Waals surface area contributed by atoms with E-state index in [-0.39, 0.29) is 34.5 Å². The first kappa shape index (κ1) is 33.2. The van der Waals surface area contributed by atoms with E-state index >= 15 is 4.79 Å². The van der Waals surface area contributed by atoms with Crippen LogP contribution in [0.25, 0.3) is 0 Å². The molecule has 3 aromatic carbocycles. The van der Waals surface area contributed by atoms with Crippen molar-refractivity contribution in [2.45, 2.75) is 24.2 Å². The lowest BCUT2D eigenvalue weighted by Gasteiger charge is -2.51. The summed E-state index contributed by atoms with van der Waals surface area (Å²) in [4.78, 5) is 69.7. The van der Waals surface area contributed by atoms with E-state index in [1.807, 2.05) is 0 Å². The summed E-state index contributed by atoms with van der Waals surface area (Å²) in [6.45, 7) is 0. The van der Waals surface area contributed by atoms with Crippen molar-refractivity contribution < 1.29 is 38.2 Å². The molecule has 49 heavy (non-hydrogen) atoms. The molecular formula is C34H26Br2ClFN4O7. The molecule has 3 fully saturated rings. The smallest absolute Gasteiger partial charge is 0.328 e. The first-order valence-electron chi connectivity index (χ1n) is 15.1. The van der Waals surface area contributed by atoms with Crippen LogP contribution in [0.4, 0.5) is 14.9 Å². The van der Waals surface area contributed by atoms with Crippen molar-refractivity contribution in [1.82, 2.24) is 9.91 Å². The second-order valence-corrected chi connectivity index (χ2v) is 14.4. The minimum Gasteiger partial charge on any atom is -0.503 e. The second-order valence-electron chi connectivity index (χ2n) is 12.4. The van der Waals surface area contributed by atoms with Gasteiger partial charge in [-0.2, -0.15) is 9.91 Å². The zero-order valence-electron chi connectivity index (χ0n) is 25.5. The number of benzene rings is 3. The van der Waals surface area contributed by atoms with Gasteiger partial charge in [0.15, 0.2) is 11.5 Å². The summed E-state index contributed by atoms with van der Waals surface area (Å²) < 4.78 is 19.9. The number of rotatable bonds is 5. The summed E-state index contributed by atoms with van der Waals surface area (Å²) in [6, 6.07) is 12.1. The monoisotopic (exact) mass is 814 g/mol. The molecule has 6 atom stereocenters. The van der Waals surface area contributed by atoms with Crippen LogP contribution in [0.3, 0.4) is 0 Å². The molecule has 2 saturated heterocycles. The molecular weight excluding hydrogens is 791 g/mol. The Morgan fingerprint density at radius 1 is 1.02 bits per heavy atom. The third-order valence-corrected chi connectivity index (χ3v) is 12.6. The summed E-state index contributed by atoms with van der Waals surface area (Å²) >= 11 is 13.4. The van der Waals surface area contributed by atoms with Crippen molar-refractivity contribution in [2.24, 2.45) is 29.4 Å². The Labute approximate surface area is 300 Å². The second kappa shape index (κ2) is 12.0. The number of anilines is 1. The number of nitrogens with zero attached hydrogens (tertiary/aromatic N) is 2. The van der Waals surface area contributed by atoms with E-state index in [4.69, 9.17) is 22.1 Å². The molecule has 6 amide bonds. The summed E-state index contributed by atoms with van der Waals surface area (Å²) in [7, 11) is 1.37. The number of carbonyl (C=O) groups is 5. The van der Waals surface area contributed by atoms with Gasteiger partial charge < -0.3 is 15.6 Å². The van der Waals surface area contributed by atoms with Crippen molar-refractivity contribution in [2.75, 3.05) is 12.5 Å². The molecule has 0 radical (unpaired) electrons. The van der Waals surface area contributed by atoms with Crippen molar-refractivity contribution in [3.05, 3.63) is 97.2 Å². The number of halogens is 4. The van der Waals surface area contributed by atoms with E-state index in [0.29, 0.717) is 31.1 Å². The molecule has 2 aliphatic heterocycles. The molecule has 11 nitrogen and oxygen atoms in total. The minimum absolute atomic E-state index is 0.0437. The van der Waals surface area contributed by atoms with Gasteiger partial charge in [0.25, 0.3) is 11.8 Å². The van der Waals surface area contributed by atoms with Crippen LogP contribution in [0, 0.1) is 29.5 Å². The number of amides is 6. The Hall–Kier alpha value is -4.27. The maximum absolute atomic E-state index is 15.2. The van der Waals surface area contributed by atoms with E-state index in [2.05, 4.69) is 37.3 Å². The number of aromatic hydroxyl groups is 1. The van der Waals surface area contributed by atoms with Gasteiger partial charge in [0, 0.05) is 15.4 Å². The maximum atomic E-state index is 15.2. The topological polar surface area (TPSA) is 159 Å². The van der Waals surface area contributed by atoms with Gasteiger partial charge in [0.1, 0.15) is 5.82 Å². The lowest BCUT2D eigenvalue weighted by molar-refractivity contribution is -0.139. The zero-order chi connectivity index (χ0) is 35.1. The van der Waals surface area contributed by atoms with Gasteiger partial charge in [-0.25, -0.2) is 9.18 Å². The number of primary amides is 1. The molecule has 1 saturated carbocycles. The number of urea groups is 1. The van der Waals surface area contributed by atoms with Gasteiger partial charge in [0.05, 0.1) is 40.4 Å². The molecule has 0 bridgehead atoms. The number of likely N-dealkylation sites (tertiary alicyclic amines) is 1. The number of hydrazine groups is 1. The predicted molar refractivity (Wildman–Crippen MR) is 181 cm³/mol. The summed E-state index contributed by atoms with van der Waals surface area (Å²) in [5, 5.41) is 12.2. The number of methoxy groups -OCH3 is 1. The van der Waals surface area contributed by atoms with E-state index in [0.717, 1.165) is 5.01 Å². The molecule has 7 rings (SSSR count). The van der Waals surface area contributed by atoms with Gasteiger partial charge in [-0.05, 0) is 104 Å². The largest absolute Gasteiger partial charge is 0.503 e. The fourth-order valence-corrected chi connectivity index (χ4v) is 9.28. The number of imide groups is 4. The lowest BCUT2D eigenvalue weighted by Crippen LogP contribution is -2.53. The Morgan fingerprint density at radius 3 is 2.33 bits per heavy atom. The van der Waals surface area contributed by atoms with Crippen LogP contribution in [0.1, 0.15) is 29.9 Å². The summed E-state index contributed by atoms with van der Waals surface area (Å²) in [5.41, 5.74) is 8.40. The van der Waals surface area contributed by atoms with Crippen LogP contribution < -0.4 is 15.9 Å². The zero-order valence-corrected chi connectivity index (χ0v) is 29.4. The Balaban J connectivity index is 1.51. The number of nitrogens with two attached hydrogens (primary N) is 1. The minimum atomic E-state index is -1.68. The van der Waals surface area contributed by atoms with Crippen LogP contribution in [-0.4, -0.2) is 51.8 Å². The highest BCUT2D eigenvalue weighted by Crippen LogP contribution is 2.65. The molecule has 4 N–H and O–H groups in total. The highest BCUT2D eigenvalue weighted by Gasteiger charge is 2.71. The van der Waals surface area contributed by atoms with Crippen LogP contribution in [0.2, 0.25) is 5.02 Å². The number of hydrogen-bond acceptors (Lipinski definition) is 8. The van der Waals surface area contributed by atoms with E-state index in [1.54, 1.807) is 36.4 Å². The molecule has 0 aromatic heterocycles. The fourth-order valence-electron chi connectivity index (χ4n) is 8.19. The quantitative estimate of drug-likeness (QED) is 0.216. The van der Waals surface area contributed by atoms with Gasteiger partial charge in [-0.1, -0.05) is 35.4 Å². The molecule has 15 heteroatoms. The third kappa shape index (κ3) is 4.74. The molecule has 0 unspecified atom stereocenters. The van der Waals surface area contributed by atoms with Crippen LogP contribution in [0.5, 0.6) is 11.5 Å². The van der Waals surface area contributed by atoms with Gasteiger partial charge in [0.2, 0.25) is 11.8 Å². The standard InChI is InChI=1S/C34H26Br2ClFN4O7/c1-49-23-13-21(26(35)27(36)28(23)43)25-18-10-11-19-24(31(46)41(29(19)44)33(39)48)20(18)12-22-30(45)42(40-17-8-6-16(38)7-9-17)32(47)34(22,25)14-2-4-15(37)5-3-14/h2-10,13,19-20,22,24-25,40,43H,11-12H2,1H3,(H2,39,48)/t19-,20+,22-,24-,25+,34+/m0/s1. The van der Waals surface area contributed by atoms with Gasteiger partial charge in [-0.3, -0.25) is 24.6 Å². The van der Waals surface area contributed by atoms with Gasteiger partial charge in [-0.15, -0.1) is 0 Å².